The van der Waals surface area contributed by atoms with Gasteiger partial charge in [-0.25, -0.2) is 0 Å². The topological polar surface area (TPSA) is 42.2 Å². The largest absolute Gasteiger partial charge is 0.400 e. The third kappa shape index (κ3) is 4.14. The van der Waals surface area contributed by atoms with Crippen LogP contribution in [0.4, 0.5) is 0 Å². The lowest BCUT2D eigenvalue weighted by Gasteiger charge is -2.12. The second kappa shape index (κ2) is 6.34. The van der Waals surface area contributed by atoms with E-state index in [9.17, 15) is 0 Å². The molecule has 3 nitrogen and oxygen atoms in total. The van der Waals surface area contributed by atoms with E-state index < -0.39 is 9.28 Å². The molecule has 0 amide bonds. The smallest absolute Gasteiger partial charge is 0.322 e. The van der Waals surface area contributed by atoms with Gasteiger partial charge in [-0.3, -0.25) is 0 Å². The van der Waals surface area contributed by atoms with Crippen LogP contribution in [0, 0.1) is 17.2 Å². The molecule has 0 rings (SSSR count). The highest BCUT2D eigenvalue weighted by atomic mass is 28.3. The van der Waals surface area contributed by atoms with Gasteiger partial charge >= 0.3 is 9.28 Å². The van der Waals surface area contributed by atoms with Crippen molar-refractivity contribution in [3.8, 4) is 6.07 Å². The van der Waals surface area contributed by atoms with Crippen molar-refractivity contribution in [3.63, 3.8) is 0 Å². The fraction of sp³-hybridized carbons (Fsp3) is 0.857. The van der Waals surface area contributed by atoms with E-state index in [1.165, 1.54) is 0 Å². The molecular weight excluding hydrogens is 158 g/mol. The molecule has 1 atom stereocenters. The Balaban J connectivity index is 3.70. The summed E-state index contributed by atoms with van der Waals surface area (Å²) in [5, 5.41) is 8.63. The second-order valence-corrected chi connectivity index (χ2v) is 4.64. The maximum Gasteiger partial charge on any atom is 0.322 e. The van der Waals surface area contributed by atoms with Gasteiger partial charge in [-0.05, 0) is 6.42 Å². The van der Waals surface area contributed by atoms with Crippen molar-refractivity contribution < 1.29 is 8.85 Å². The predicted octanol–water partition coefficient (Wildman–Crippen LogP) is 1.05. The lowest BCUT2D eigenvalue weighted by molar-refractivity contribution is 0.273. The molecular formula is C7H15NO2Si. The summed E-state index contributed by atoms with van der Waals surface area (Å²) in [6, 6.07) is 3.02. The van der Waals surface area contributed by atoms with E-state index >= 15 is 0 Å². The third-order valence-corrected chi connectivity index (χ3v) is 3.68. The molecule has 0 radical (unpaired) electrons. The highest BCUT2D eigenvalue weighted by Crippen LogP contribution is 2.10. The van der Waals surface area contributed by atoms with Crippen LogP contribution >= 0.6 is 0 Å². The fourth-order valence-corrected chi connectivity index (χ4v) is 2.31. The van der Waals surface area contributed by atoms with Crippen LogP contribution in [0.3, 0.4) is 0 Å². The van der Waals surface area contributed by atoms with Gasteiger partial charge in [0, 0.05) is 26.2 Å². The molecule has 0 aliphatic rings. The maximum atomic E-state index is 8.63. The van der Waals surface area contributed by atoms with E-state index in [0.717, 1.165) is 12.5 Å². The van der Waals surface area contributed by atoms with E-state index in [-0.39, 0.29) is 5.92 Å². The molecule has 0 aliphatic carbocycles. The Morgan fingerprint density at radius 3 is 2.27 bits per heavy atom. The Hall–Kier alpha value is -0.373. The number of nitriles is 1. The molecule has 0 N–H and O–H groups in total. The van der Waals surface area contributed by atoms with E-state index in [1.807, 2.05) is 6.92 Å². The number of nitrogens with zero attached hydrogens (tertiary/aromatic N) is 1. The van der Waals surface area contributed by atoms with Crippen molar-refractivity contribution in [1.29, 1.82) is 5.26 Å². The van der Waals surface area contributed by atoms with E-state index in [1.54, 1.807) is 14.2 Å². The van der Waals surface area contributed by atoms with Crippen LogP contribution in [0.5, 0.6) is 0 Å². The summed E-state index contributed by atoms with van der Waals surface area (Å²) in [6.07, 6.45) is 0.882. The van der Waals surface area contributed by atoms with Gasteiger partial charge in [0.25, 0.3) is 0 Å². The van der Waals surface area contributed by atoms with Crippen LogP contribution in [-0.4, -0.2) is 23.5 Å². The normalized spacial score (nSPS) is 13.0. The summed E-state index contributed by atoms with van der Waals surface area (Å²) in [7, 11) is 1.78. The van der Waals surface area contributed by atoms with Crippen molar-refractivity contribution in [2.45, 2.75) is 19.4 Å². The number of hydrogen-bond donors (Lipinski definition) is 0. The third-order valence-electron chi connectivity index (χ3n) is 1.68. The van der Waals surface area contributed by atoms with Gasteiger partial charge < -0.3 is 8.85 Å². The van der Waals surface area contributed by atoms with Crippen LogP contribution in [0.2, 0.25) is 6.04 Å². The molecule has 0 heterocycles. The first-order valence-corrected chi connectivity index (χ1v) is 5.49. The van der Waals surface area contributed by atoms with E-state index in [4.69, 9.17) is 14.1 Å². The van der Waals surface area contributed by atoms with E-state index in [0.29, 0.717) is 0 Å². The van der Waals surface area contributed by atoms with Gasteiger partial charge in [0.05, 0.1) is 6.07 Å². The van der Waals surface area contributed by atoms with Crippen molar-refractivity contribution in [3.05, 3.63) is 0 Å². The lowest BCUT2D eigenvalue weighted by Crippen LogP contribution is -2.21. The average molecular weight is 173 g/mol. The molecule has 0 aliphatic heterocycles. The zero-order valence-corrected chi connectivity index (χ0v) is 8.49. The monoisotopic (exact) mass is 173 g/mol. The van der Waals surface area contributed by atoms with E-state index in [2.05, 4.69) is 6.07 Å². The molecule has 0 fully saturated rings. The molecule has 0 aromatic heterocycles. The van der Waals surface area contributed by atoms with Crippen molar-refractivity contribution in [2.75, 3.05) is 14.2 Å². The molecule has 0 bridgehead atoms. The summed E-state index contributed by atoms with van der Waals surface area (Å²) in [6.45, 7) is 2.00. The van der Waals surface area contributed by atoms with Gasteiger partial charge in [-0.2, -0.15) is 5.26 Å². The molecule has 64 valence electrons. The van der Waals surface area contributed by atoms with Crippen LogP contribution in [0.15, 0.2) is 0 Å². The molecule has 0 aromatic carbocycles. The van der Waals surface area contributed by atoms with Crippen LogP contribution in [-0.2, 0) is 8.85 Å². The Labute approximate surface area is 69.8 Å². The molecule has 1 unspecified atom stereocenters. The molecule has 0 saturated heterocycles. The van der Waals surface area contributed by atoms with Crippen molar-refractivity contribution in [2.24, 2.45) is 5.92 Å². The molecule has 0 saturated carbocycles. The zero-order valence-electron chi connectivity index (χ0n) is 7.33. The first-order chi connectivity index (χ1) is 5.28. The molecule has 0 spiro atoms. The predicted molar refractivity (Wildman–Crippen MR) is 45.4 cm³/mol. The lowest BCUT2D eigenvalue weighted by atomic mass is 10.1. The average Bonchev–Trinajstić information content (AvgIpc) is 2.07. The quantitative estimate of drug-likeness (QED) is 0.584. The minimum Gasteiger partial charge on any atom is -0.400 e. The molecule has 4 heteroatoms. The summed E-state index contributed by atoms with van der Waals surface area (Å²) in [5.74, 6) is 0.103. The van der Waals surface area contributed by atoms with Crippen LogP contribution in [0.25, 0.3) is 0 Å². The summed E-state index contributed by atoms with van der Waals surface area (Å²) < 4.78 is 10.2. The first kappa shape index (κ1) is 10.6. The second-order valence-electron chi connectivity index (χ2n) is 2.37. The SMILES string of the molecule is CCC(C#N)C[SiH](OC)OC. The Kier molecular flexibility index (Phi) is 6.13. The van der Waals surface area contributed by atoms with Gasteiger partial charge in [-0.15, -0.1) is 0 Å². The van der Waals surface area contributed by atoms with Crippen molar-refractivity contribution >= 4 is 9.28 Å². The standard InChI is InChI=1S/C7H15NO2Si/c1-4-7(5-8)6-11(9-2)10-3/h7,11H,4,6H2,1-3H3. The van der Waals surface area contributed by atoms with Gasteiger partial charge in [-0.1, -0.05) is 6.92 Å². The fourth-order valence-electron chi connectivity index (χ4n) is 0.832. The van der Waals surface area contributed by atoms with Crippen molar-refractivity contribution in [1.82, 2.24) is 0 Å². The Morgan fingerprint density at radius 1 is 1.45 bits per heavy atom. The van der Waals surface area contributed by atoms with Crippen LogP contribution < -0.4 is 0 Å². The van der Waals surface area contributed by atoms with Gasteiger partial charge in [0.15, 0.2) is 0 Å². The van der Waals surface area contributed by atoms with Gasteiger partial charge in [0.1, 0.15) is 0 Å². The zero-order chi connectivity index (χ0) is 8.69. The Bertz CT molecular complexity index is 131. The number of rotatable bonds is 5. The first-order valence-electron chi connectivity index (χ1n) is 3.73. The van der Waals surface area contributed by atoms with Crippen LogP contribution in [0.1, 0.15) is 13.3 Å². The minimum atomic E-state index is -1.51. The highest BCUT2D eigenvalue weighted by molar-refractivity contribution is 6.44. The van der Waals surface area contributed by atoms with Gasteiger partial charge in [0.2, 0.25) is 0 Å². The summed E-state index contributed by atoms with van der Waals surface area (Å²) in [5.41, 5.74) is 0. The summed E-state index contributed by atoms with van der Waals surface area (Å²) in [4.78, 5) is 0. The highest BCUT2D eigenvalue weighted by Gasteiger charge is 2.15. The Morgan fingerprint density at radius 2 is 2.00 bits per heavy atom. The number of hydrogen-bond acceptors (Lipinski definition) is 3. The molecule has 11 heavy (non-hydrogen) atoms. The molecule has 0 aromatic rings. The summed E-state index contributed by atoms with van der Waals surface area (Å²) >= 11 is 0. The maximum absolute atomic E-state index is 8.63. The minimum absolute atomic E-state index is 0.103.